The number of nitrogens with one attached hydrogen (secondary N) is 2. The van der Waals surface area contributed by atoms with E-state index in [0.29, 0.717) is 4.99 Å². The van der Waals surface area contributed by atoms with Gasteiger partial charge in [0.1, 0.15) is 9.31 Å². The molecule has 5 heteroatoms. The van der Waals surface area contributed by atoms with Crippen molar-refractivity contribution in [2.45, 2.75) is 6.92 Å². The van der Waals surface area contributed by atoms with Crippen LogP contribution in [0.5, 0.6) is 0 Å². The summed E-state index contributed by atoms with van der Waals surface area (Å²) in [5.41, 5.74) is 3.56. The van der Waals surface area contributed by atoms with Gasteiger partial charge >= 0.3 is 0 Å². The number of hydrogen-bond acceptors (Lipinski definition) is 3. The number of hydrogen-bond donors (Lipinski definition) is 2. The van der Waals surface area contributed by atoms with E-state index in [9.17, 15) is 0 Å². The summed E-state index contributed by atoms with van der Waals surface area (Å²) in [4.78, 5) is 5.03. The van der Waals surface area contributed by atoms with Crippen molar-refractivity contribution in [3.63, 3.8) is 0 Å². The fourth-order valence-electron chi connectivity index (χ4n) is 2.01. The Morgan fingerprint density at radius 2 is 2.11 bits per heavy atom. The summed E-state index contributed by atoms with van der Waals surface area (Å²) in [6.07, 6.45) is 4.09. The predicted molar refractivity (Wildman–Crippen MR) is 86.9 cm³/mol. The van der Waals surface area contributed by atoms with Crippen LogP contribution in [-0.2, 0) is 0 Å². The molecule has 0 spiro atoms. The highest BCUT2D eigenvalue weighted by atomic mass is 32.2. The first-order chi connectivity index (χ1) is 8.65. The van der Waals surface area contributed by atoms with Gasteiger partial charge in [-0.1, -0.05) is 54.4 Å². The SMILES string of the molecule is Cc1cccc2c(C=C3SC(=S)NC3=S)c[nH]c12. The van der Waals surface area contributed by atoms with Gasteiger partial charge in [0, 0.05) is 27.6 Å². The van der Waals surface area contributed by atoms with E-state index in [1.807, 2.05) is 6.20 Å². The maximum atomic E-state index is 5.24. The fourth-order valence-corrected chi connectivity index (χ4v) is 3.48. The van der Waals surface area contributed by atoms with E-state index in [1.54, 1.807) is 0 Å². The van der Waals surface area contributed by atoms with Crippen LogP contribution in [0, 0.1) is 6.92 Å². The molecule has 2 aromatic rings. The van der Waals surface area contributed by atoms with Crippen molar-refractivity contribution in [3.05, 3.63) is 40.4 Å². The molecule has 3 rings (SSSR count). The average Bonchev–Trinajstić information content (AvgIpc) is 2.86. The van der Waals surface area contributed by atoms with Crippen LogP contribution in [0.3, 0.4) is 0 Å². The molecule has 90 valence electrons. The van der Waals surface area contributed by atoms with Crippen molar-refractivity contribution in [1.29, 1.82) is 0 Å². The molecule has 1 aromatic carbocycles. The van der Waals surface area contributed by atoms with Crippen molar-refractivity contribution in [2.75, 3.05) is 0 Å². The molecule has 1 aliphatic heterocycles. The van der Waals surface area contributed by atoms with E-state index in [4.69, 9.17) is 24.4 Å². The lowest BCUT2D eigenvalue weighted by Crippen LogP contribution is -2.15. The van der Waals surface area contributed by atoms with Gasteiger partial charge < -0.3 is 10.3 Å². The first-order valence-electron chi connectivity index (χ1n) is 5.47. The third kappa shape index (κ3) is 1.98. The monoisotopic (exact) mass is 290 g/mol. The summed E-state index contributed by atoms with van der Waals surface area (Å²) in [5.74, 6) is 0. The van der Waals surface area contributed by atoms with Gasteiger partial charge in [-0.15, -0.1) is 0 Å². The molecular weight excluding hydrogens is 280 g/mol. The van der Waals surface area contributed by atoms with Gasteiger partial charge in [0.05, 0.1) is 0 Å². The molecule has 2 N–H and O–H groups in total. The molecule has 0 aliphatic carbocycles. The Bertz CT molecular complexity index is 697. The normalized spacial score (nSPS) is 17.7. The lowest BCUT2D eigenvalue weighted by molar-refractivity contribution is 1.41. The Kier molecular flexibility index (Phi) is 2.97. The largest absolute Gasteiger partial charge is 0.360 e. The maximum absolute atomic E-state index is 5.24. The van der Waals surface area contributed by atoms with Crippen LogP contribution in [-0.4, -0.2) is 14.3 Å². The Morgan fingerprint density at radius 3 is 2.83 bits per heavy atom. The van der Waals surface area contributed by atoms with Crippen LogP contribution in [0.15, 0.2) is 29.3 Å². The van der Waals surface area contributed by atoms with Crippen LogP contribution < -0.4 is 5.32 Å². The number of thioether (sulfide) groups is 1. The molecule has 1 aliphatic rings. The predicted octanol–water partition coefficient (Wildman–Crippen LogP) is 3.77. The number of para-hydroxylation sites is 1. The first-order valence-corrected chi connectivity index (χ1v) is 7.10. The molecular formula is C13H10N2S3. The lowest BCUT2D eigenvalue weighted by Gasteiger charge is -1.97. The number of H-pyrrole nitrogens is 1. The molecule has 18 heavy (non-hydrogen) atoms. The molecule has 0 saturated carbocycles. The second-order valence-corrected chi connectivity index (χ2v) is 6.22. The molecule has 0 amide bonds. The molecule has 0 unspecified atom stereocenters. The summed E-state index contributed by atoms with van der Waals surface area (Å²) in [5, 5.41) is 4.20. The quantitative estimate of drug-likeness (QED) is 0.618. The van der Waals surface area contributed by atoms with Crippen LogP contribution in [0.4, 0.5) is 0 Å². The minimum atomic E-state index is 0.715. The summed E-state index contributed by atoms with van der Waals surface area (Å²) >= 11 is 11.9. The van der Waals surface area contributed by atoms with Crippen LogP contribution >= 0.6 is 36.2 Å². The topological polar surface area (TPSA) is 27.8 Å². The molecule has 0 atom stereocenters. The van der Waals surface area contributed by atoms with Crippen molar-refractivity contribution < 1.29 is 0 Å². The van der Waals surface area contributed by atoms with Gasteiger partial charge in [0.25, 0.3) is 0 Å². The minimum absolute atomic E-state index is 0.715. The maximum Gasteiger partial charge on any atom is 0.143 e. The lowest BCUT2D eigenvalue weighted by atomic mass is 10.1. The summed E-state index contributed by atoms with van der Waals surface area (Å²) < 4.78 is 0.724. The summed E-state index contributed by atoms with van der Waals surface area (Å²) in [6.45, 7) is 2.10. The molecule has 0 bridgehead atoms. The number of aromatic nitrogens is 1. The second-order valence-electron chi connectivity index (χ2n) is 4.09. The molecule has 0 radical (unpaired) electrons. The van der Waals surface area contributed by atoms with Gasteiger partial charge in [0.2, 0.25) is 0 Å². The number of aromatic amines is 1. The second kappa shape index (κ2) is 4.50. The number of thiocarbonyl (C=S) groups is 2. The van der Waals surface area contributed by atoms with Gasteiger partial charge in [-0.2, -0.15) is 0 Å². The highest BCUT2D eigenvalue weighted by Gasteiger charge is 2.18. The van der Waals surface area contributed by atoms with Gasteiger partial charge in [-0.3, -0.25) is 0 Å². The zero-order chi connectivity index (χ0) is 12.7. The van der Waals surface area contributed by atoms with E-state index < -0.39 is 0 Å². The number of rotatable bonds is 1. The standard InChI is InChI=1S/C13H10N2S3/c1-7-3-2-4-9-8(6-14-11(7)9)5-10-12(16)15-13(17)18-10/h2-6,14H,1H3,(H,15,16,17). The van der Waals surface area contributed by atoms with Crippen molar-refractivity contribution in [2.24, 2.45) is 0 Å². The van der Waals surface area contributed by atoms with E-state index >= 15 is 0 Å². The molecule has 1 saturated heterocycles. The number of benzene rings is 1. The van der Waals surface area contributed by atoms with Crippen LogP contribution in [0.1, 0.15) is 11.1 Å². The Morgan fingerprint density at radius 1 is 1.28 bits per heavy atom. The zero-order valence-electron chi connectivity index (χ0n) is 9.61. The Balaban J connectivity index is 2.11. The Hall–Kier alpha value is -1.17. The van der Waals surface area contributed by atoms with Gasteiger partial charge in [0.15, 0.2) is 0 Å². The van der Waals surface area contributed by atoms with Gasteiger partial charge in [-0.25, -0.2) is 0 Å². The van der Waals surface area contributed by atoms with Crippen molar-refractivity contribution in [1.82, 2.24) is 10.3 Å². The van der Waals surface area contributed by atoms with Gasteiger partial charge in [-0.05, 0) is 18.6 Å². The zero-order valence-corrected chi connectivity index (χ0v) is 12.1. The molecule has 2 nitrogen and oxygen atoms in total. The van der Waals surface area contributed by atoms with Crippen LogP contribution in [0.25, 0.3) is 17.0 Å². The number of aryl methyl sites for hydroxylation is 1. The first kappa shape index (κ1) is 11.9. The smallest absolute Gasteiger partial charge is 0.143 e. The molecule has 2 heterocycles. The molecule has 1 aromatic heterocycles. The van der Waals surface area contributed by atoms with E-state index in [0.717, 1.165) is 14.8 Å². The van der Waals surface area contributed by atoms with Crippen LogP contribution in [0.2, 0.25) is 0 Å². The highest BCUT2D eigenvalue weighted by molar-refractivity contribution is 8.27. The molecule has 1 fully saturated rings. The third-order valence-corrected chi connectivity index (χ3v) is 4.52. The minimum Gasteiger partial charge on any atom is -0.360 e. The van der Waals surface area contributed by atoms with E-state index in [-0.39, 0.29) is 0 Å². The summed E-state index contributed by atoms with van der Waals surface area (Å²) in [6, 6.07) is 6.28. The average molecular weight is 290 g/mol. The summed E-state index contributed by atoms with van der Waals surface area (Å²) in [7, 11) is 0. The third-order valence-electron chi connectivity index (χ3n) is 2.88. The number of fused-ring (bicyclic) bond motifs is 1. The van der Waals surface area contributed by atoms with Crippen molar-refractivity contribution >= 4 is 62.5 Å². The fraction of sp³-hybridized carbons (Fsp3) is 0.0769. The van der Waals surface area contributed by atoms with E-state index in [1.165, 1.54) is 28.2 Å². The Labute approximate surface area is 120 Å². The van der Waals surface area contributed by atoms with Crippen molar-refractivity contribution in [3.8, 4) is 0 Å². The highest BCUT2D eigenvalue weighted by Crippen LogP contribution is 2.30. The van der Waals surface area contributed by atoms with E-state index in [2.05, 4.69) is 41.5 Å².